The predicted octanol–water partition coefficient (Wildman–Crippen LogP) is 4.09. The molecule has 0 aliphatic carbocycles. The fourth-order valence-corrected chi connectivity index (χ4v) is 3.68. The van der Waals surface area contributed by atoms with Crippen molar-refractivity contribution >= 4 is 34.0 Å². The third kappa shape index (κ3) is 7.45. The first kappa shape index (κ1) is 26.1. The molecule has 4 N–H and O–H groups in total. The highest BCUT2D eigenvalue weighted by atomic mass is 35.5. The summed E-state index contributed by atoms with van der Waals surface area (Å²) in [5.41, 5.74) is 1.34. The molecule has 176 valence electrons. The van der Waals surface area contributed by atoms with Gasteiger partial charge >= 0.3 is 0 Å². The van der Waals surface area contributed by atoms with Crippen LogP contribution in [-0.2, 0) is 16.6 Å². The van der Waals surface area contributed by atoms with E-state index in [4.69, 9.17) is 9.88 Å². The molecule has 0 atom stereocenters. The summed E-state index contributed by atoms with van der Waals surface area (Å²) >= 11 is 0. The number of hydrogen-bond donors (Lipinski definition) is 3. The van der Waals surface area contributed by atoms with Crippen LogP contribution in [0.4, 0.5) is 5.69 Å². The number of pyridine rings is 1. The molecule has 1 amide bonds. The van der Waals surface area contributed by atoms with Crippen LogP contribution in [0.1, 0.15) is 35.7 Å². The summed E-state index contributed by atoms with van der Waals surface area (Å²) in [4.78, 5) is 16.6. The number of carbonyl (C=O) groups is 1. The van der Waals surface area contributed by atoms with Crippen LogP contribution < -0.4 is 20.5 Å². The smallest absolute Gasteiger partial charge is 0.251 e. The molecule has 2 aromatic carbocycles. The summed E-state index contributed by atoms with van der Waals surface area (Å²) in [6.07, 6.45) is 5.08. The topological polar surface area (TPSA) is 123 Å². The van der Waals surface area contributed by atoms with Crippen molar-refractivity contribution in [2.45, 2.75) is 31.2 Å². The van der Waals surface area contributed by atoms with Crippen LogP contribution in [0, 0.1) is 0 Å². The number of carbonyl (C=O) groups excluding carboxylic acids is 1. The number of nitrogens with zero attached hydrogens (tertiary/aromatic N) is 1. The quantitative estimate of drug-likeness (QED) is 0.368. The average molecular weight is 491 g/mol. The predicted molar refractivity (Wildman–Crippen MR) is 130 cm³/mol. The molecule has 0 radical (unpaired) electrons. The summed E-state index contributed by atoms with van der Waals surface area (Å²) in [5.74, 6) is 0.0619. The van der Waals surface area contributed by atoms with Gasteiger partial charge in [0.05, 0.1) is 5.69 Å². The average Bonchev–Trinajstić information content (AvgIpc) is 2.79. The Balaban J connectivity index is 0.00000385. The zero-order valence-corrected chi connectivity index (χ0v) is 19.8. The molecule has 0 spiro atoms. The van der Waals surface area contributed by atoms with Crippen LogP contribution in [0.5, 0.6) is 11.5 Å². The third-order valence-corrected chi connectivity index (χ3v) is 5.52. The van der Waals surface area contributed by atoms with E-state index >= 15 is 0 Å². The monoisotopic (exact) mass is 490 g/mol. The first-order valence-corrected chi connectivity index (χ1v) is 11.8. The van der Waals surface area contributed by atoms with Crippen LogP contribution in [0.2, 0.25) is 0 Å². The number of aromatic nitrogens is 1. The second-order valence-corrected chi connectivity index (χ2v) is 8.67. The number of unbranched alkanes of at least 4 members (excludes halogenated alkanes) is 1. The molecule has 0 aliphatic heterocycles. The number of primary sulfonamides is 1. The van der Waals surface area contributed by atoms with Gasteiger partial charge in [0.15, 0.2) is 5.75 Å². The molecule has 1 aromatic heterocycles. The molecule has 1 heterocycles. The fourth-order valence-electron chi connectivity index (χ4n) is 2.97. The molecule has 0 unspecified atom stereocenters. The molecule has 33 heavy (non-hydrogen) atoms. The van der Waals surface area contributed by atoms with Gasteiger partial charge in [0.2, 0.25) is 10.0 Å². The molecular formula is C23H27ClN4O4S. The van der Waals surface area contributed by atoms with Gasteiger partial charge in [-0.05, 0) is 42.3 Å². The van der Waals surface area contributed by atoms with E-state index < -0.39 is 15.9 Å². The van der Waals surface area contributed by atoms with Gasteiger partial charge in [-0.3, -0.25) is 9.78 Å². The van der Waals surface area contributed by atoms with E-state index in [9.17, 15) is 13.2 Å². The Morgan fingerprint density at radius 1 is 1.12 bits per heavy atom. The van der Waals surface area contributed by atoms with Gasteiger partial charge in [0.25, 0.3) is 5.91 Å². The summed E-state index contributed by atoms with van der Waals surface area (Å²) < 4.78 is 30.7. The van der Waals surface area contributed by atoms with Crippen molar-refractivity contribution in [1.82, 2.24) is 10.3 Å². The van der Waals surface area contributed by atoms with E-state index in [0.29, 0.717) is 18.0 Å². The van der Waals surface area contributed by atoms with Gasteiger partial charge in [-0.2, -0.15) is 0 Å². The fraction of sp³-hybridized carbons (Fsp3) is 0.217. The minimum atomic E-state index is -4.18. The lowest BCUT2D eigenvalue weighted by molar-refractivity contribution is 0.0950. The van der Waals surface area contributed by atoms with Crippen LogP contribution >= 0.6 is 12.4 Å². The Hall–Kier alpha value is -3.14. The maximum absolute atomic E-state index is 12.8. The number of rotatable bonds is 10. The highest BCUT2D eigenvalue weighted by Crippen LogP contribution is 2.37. The Labute approximate surface area is 200 Å². The molecule has 3 rings (SSSR count). The van der Waals surface area contributed by atoms with Gasteiger partial charge < -0.3 is 15.4 Å². The van der Waals surface area contributed by atoms with Gasteiger partial charge in [0.1, 0.15) is 10.6 Å². The van der Waals surface area contributed by atoms with Crippen molar-refractivity contribution in [1.29, 1.82) is 0 Å². The second kappa shape index (κ2) is 12.2. The number of ether oxygens (including phenoxy) is 1. The van der Waals surface area contributed by atoms with E-state index in [1.807, 2.05) is 19.1 Å². The number of benzene rings is 2. The van der Waals surface area contributed by atoms with Crippen molar-refractivity contribution in [2.24, 2.45) is 5.14 Å². The van der Waals surface area contributed by atoms with E-state index in [0.717, 1.165) is 18.4 Å². The second-order valence-electron chi connectivity index (χ2n) is 7.14. The van der Waals surface area contributed by atoms with Gasteiger partial charge in [-0.15, -0.1) is 12.4 Å². The standard InChI is InChI=1S/C23H26N4O4S.ClH/c1-2-3-12-26-20-13-18(23(28)27-16-17-8-7-11-25-15-17)14-21(32(24,29)30)22(20)31-19-9-5-4-6-10-19;/h4-11,13-15,26H,2-3,12,16H2,1H3,(H,27,28)(H2,24,29,30);1H. The number of hydrogen-bond acceptors (Lipinski definition) is 6. The first-order valence-electron chi connectivity index (χ1n) is 10.2. The molecule has 8 nitrogen and oxygen atoms in total. The maximum Gasteiger partial charge on any atom is 0.251 e. The highest BCUT2D eigenvalue weighted by Gasteiger charge is 2.23. The van der Waals surface area contributed by atoms with E-state index in [1.54, 1.807) is 48.8 Å². The number of anilines is 1. The number of sulfonamides is 1. The number of nitrogens with one attached hydrogen (secondary N) is 2. The number of nitrogens with two attached hydrogens (primary N) is 1. The Kier molecular flexibility index (Phi) is 9.65. The van der Waals surface area contributed by atoms with E-state index in [-0.39, 0.29) is 35.2 Å². The van der Waals surface area contributed by atoms with E-state index in [2.05, 4.69) is 15.6 Å². The van der Waals surface area contributed by atoms with Crippen molar-refractivity contribution in [2.75, 3.05) is 11.9 Å². The zero-order valence-electron chi connectivity index (χ0n) is 18.2. The van der Waals surface area contributed by atoms with Gasteiger partial charge in [0, 0.05) is 31.0 Å². The Morgan fingerprint density at radius 3 is 2.52 bits per heavy atom. The molecule has 0 bridgehead atoms. The highest BCUT2D eigenvalue weighted by molar-refractivity contribution is 7.89. The largest absolute Gasteiger partial charge is 0.454 e. The maximum atomic E-state index is 12.8. The van der Waals surface area contributed by atoms with E-state index in [1.165, 1.54) is 6.07 Å². The van der Waals surface area contributed by atoms with Crippen LogP contribution in [0.25, 0.3) is 0 Å². The SMILES string of the molecule is CCCCNc1cc(C(=O)NCc2cccnc2)cc(S(N)(=O)=O)c1Oc1ccccc1.Cl. The minimum Gasteiger partial charge on any atom is -0.454 e. The molecule has 3 aromatic rings. The molecule has 0 saturated heterocycles. The summed E-state index contributed by atoms with van der Waals surface area (Å²) in [5, 5.41) is 11.4. The number of amides is 1. The van der Waals surface area contributed by atoms with Crippen LogP contribution in [0.3, 0.4) is 0 Å². The molecule has 10 heteroatoms. The third-order valence-electron chi connectivity index (χ3n) is 4.61. The molecular weight excluding hydrogens is 464 g/mol. The number of para-hydroxylation sites is 1. The molecule has 0 fully saturated rings. The summed E-state index contributed by atoms with van der Waals surface area (Å²) in [7, 11) is -4.18. The normalized spacial score (nSPS) is 10.7. The summed E-state index contributed by atoms with van der Waals surface area (Å²) in [6, 6.07) is 15.2. The van der Waals surface area contributed by atoms with Gasteiger partial charge in [-0.25, -0.2) is 13.6 Å². The number of halogens is 1. The Bertz CT molecular complexity index is 1160. The molecule has 0 saturated carbocycles. The van der Waals surface area contributed by atoms with Crippen LogP contribution in [0.15, 0.2) is 71.9 Å². The first-order chi connectivity index (χ1) is 15.4. The Morgan fingerprint density at radius 2 is 1.88 bits per heavy atom. The van der Waals surface area contributed by atoms with Crippen molar-refractivity contribution in [3.63, 3.8) is 0 Å². The zero-order chi connectivity index (χ0) is 23.0. The van der Waals surface area contributed by atoms with Crippen molar-refractivity contribution in [3.05, 3.63) is 78.1 Å². The lowest BCUT2D eigenvalue weighted by Gasteiger charge is -2.18. The van der Waals surface area contributed by atoms with Crippen molar-refractivity contribution in [3.8, 4) is 11.5 Å². The molecule has 0 aliphatic rings. The lowest BCUT2D eigenvalue weighted by Crippen LogP contribution is -2.24. The summed E-state index contributed by atoms with van der Waals surface area (Å²) in [6.45, 7) is 2.87. The van der Waals surface area contributed by atoms with Crippen molar-refractivity contribution < 1.29 is 17.9 Å². The lowest BCUT2D eigenvalue weighted by atomic mass is 10.1. The van der Waals surface area contributed by atoms with Crippen LogP contribution in [-0.4, -0.2) is 25.9 Å². The minimum absolute atomic E-state index is 0. The van der Waals surface area contributed by atoms with Gasteiger partial charge in [-0.1, -0.05) is 37.6 Å².